The summed E-state index contributed by atoms with van der Waals surface area (Å²) >= 11 is 13.1. The van der Waals surface area contributed by atoms with E-state index in [2.05, 4.69) is 4.98 Å². The Morgan fingerprint density at radius 3 is 2.50 bits per heavy atom. The molecule has 0 aliphatic heterocycles. The molecule has 0 radical (unpaired) electrons. The first-order chi connectivity index (χ1) is 12.4. The predicted molar refractivity (Wildman–Crippen MR) is 106 cm³/mol. The number of aromatic nitrogens is 1. The van der Waals surface area contributed by atoms with Crippen molar-refractivity contribution in [3.05, 3.63) is 80.2 Å². The summed E-state index contributed by atoms with van der Waals surface area (Å²) in [5.41, 5.74) is 2.74. The molecule has 0 saturated carbocycles. The van der Waals surface area contributed by atoms with E-state index in [1.807, 2.05) is 37.3 Å². The highest BCUT2D eigenvalue weighted by molar-refractivity contribution is 7.89. The van der Waals surface area contributed by atoms with Gasteiger partial charge in [0.2, 0.25) is 10.0 Å². The minimum Gasteiger partial charge on any atom is -0.264 e. The van der Waals surface area contributed by atoms with Gasteiger partial charge in [-0.3, -0.25) is 4.98 Å². The average Bonchev–Trinajstić information content (AvgIpc) is 2.96. The van der Waals surface area contributed by atoms with Crippen LogP contribution in [0.5, 0.6) is 0 Å². The van der Waals surface area contributed by atoms with Crippen LogP contribution in [-0.4, -0.2) is 17.7 Å². The molecule has 4 nitrogen and oxygen atoms in total. The van der Waals surface area contributed by atoms with Crippen LogP contribution < -0.4 is 0 Å². The van der Waals surface area contributed by atoms with Crippen LogP contribution >= 0.6 is 34.5 Å². The Hall–Kier alpha value is -1.44. The molecule has 26 heavy (non-hydrogen) atoms. The van der Waals surface area contributed by atoms with Crippen LogP contribution in [0.3, 0.4) is 0 Å². The van der Waals surface area contributed by atoms with Gasteiger partial charge < -0.3 is 0 Å². The van der Waals surface area contributed by atoms with Gasteiger partial charge in [-0.1, -0.05) is 53.5 Å². The van der Waals surface area contributed by atoms with E-state index in [4.69, 9.17) is 23.2 Å². The van der Waals surface area contributed by atoms with Gasteiger partial charge in [-0.15, -0.1) is 11.3 Å². The second-order valence-electron chi connectivity index (χ2n) is 5.75. The second-order valence-corrected chi connectivity index (χ2v) is 9.94. The minimum absolute atomic E-state index is 0.0339. The highest BCUT2D eigenvalue weighted by atomic mass is 35.5. The van der Waals surface area contributed by atoms with Crippen LogP contribution in [0.2, 0.25) is 8.67 Å². The highest BCUT2D eigenvalue weighted by Gasteiger charge is 2.29. The molecule has 0 fully saturated rings. The molecule has 0 N–H and O–H groups in total. The van der Waals surface area contributed by atoms with Crippen molar-refractivity contribution in [2.75, 3.05) is 0 Å². The molecule has 0 bridgehead atoms. The Kier molecular flexibility index (Phi) is 5.99. The van der Waals surface area contributed by atoms with Crippen LogP contribution in [0, 0.1) is 6.92 Å². The molecular formula is C18H16Cl2N2O2S2. The lowest BCUT2D eigenvalue weighted by atomic mass is 10.1. The van der Waals surface area contributed by atoms with Crippen molar-refractivity contribution in [3.63, 3.8) is 0 Å². The summed E-state index contributed by atoms with van der Waals surface area (Å²) < 4.78 is 28.4. The molecule has 0 atom stereocenters. The van der Waals surface area contributed by atoms with Gasteiger partial charge in [0.15, 0.2) is 0 Å². The monoisotopic (exact) mass is 426 g/mol. The summed E-state index contributed by atoms with van der Waals surface area (Å²) in [6.07, 6.45) is 3.31. The number of halogens is 2. The van der Waals surface area contributed by atoms with Gasteiger partial charge in [0.1, 0.15) is 9.23 Å². The van der Waals surface area contributed by atoms with Crippen molar-refractivity contribution in [2.24, 2.45) is 0 Å². The van der Waals surface area contributed by atoms with E-state index in [9.17, 15) is 8.42 Å². The van der Waals surface area contributed by atoms with E-state index >= 15 is 0 Å². The average molecular weight is 427 g/mol. The summed E-state index contributed by atoms with van der Waals surface area (Å²) in [7, 11) is -3.82. The number of aryl methyl sites for hydroxylation is 1. The normalized spacial score (nSPS) is 11.8. The zero-order valence-corrected chi connectivity index (χ0v) is 17.0. The van der Waals surface area contributed by atoms with Crippen LogP contribution in [0.4, 0.5) is 0 Å². The SMILES string of the molecule is Cc1ccccc1CN(Cc1cccnc1)S(=O)(=O)c1cc(Cl)sc1Cl. The van der Waals surface area contributed by atoms with Gasteiger partial charge in [-0.05, 0) is 35.7 Å². The zero-order valence-electron chi connectivity index (χ0n) is 13.9. The van der Waals surface area contributed by atoms with Crippen molar-refractivity contribution in [3.8, 4) is 0 Å². The van der Waals surface area contributed by atoms with Gasteiger partial charge in [-0.2, -0.15) is 4.31 Å². The molecular weight excluding hydrogens is 411 g/mol. The standard InChI is InChI=1S/C18H16Cl2N2O2S2/c1-13-5-2-3-7-15(13)12-22(11-14-6-4-8-21-10-14)26(23,24)16-9-17(19)25-18(16)20/h2-10H,11-12H2,1H3. The van der Waals surface area contributed by atoms with Gasteiger partial charge in [0.25, 0.3) is 0 Å². The van der Waals surface area contributed by atoms with Crippen molar-refractivity contribution in [2.45, 2.75) is 24.9 Å². The van der Waals surface area contributed by atoms with Crippen LogP contribution in [0.15, 0.2) is 59.8 Å². The van der Waals surface area contributed by atoms with Gasteiger partial charge in [-0.25, -0.2) is 8.42 Å². The highest BCUT2D eigenvalue weighted by Crippen LogP contribution is 2.36. The lowest BCUT2D eigenvalue weighted by Crippen LogP contribution is -2.30. The molecule has 0 aliphatic carbocycles. The number of pyridine rings is 1. The summed E-state index contributed by atoms with van der Waals surface area (Å²) in [4.78, 5) is 4.11. The maximum Gasteiger partial charge on any atom is 0.246 e. The first-order valence-electron chi connectivity index (χ1n) is 7.76. The first-order valence-corrected chi connectivity index (χ1v) is 10.8. The van der Waals surface area contributed by atoms with Gasteiger partial charge in [0.05, 0.1) is 4.34 Å². The molecule has 0 aliphatic rings. The van der Waals surface area contributed by atoms with Crippen LogP contribution in [-0.2, 0) is 23.1 Å². The van der Waals surface area contributed by atoms with Crippen molar-refractivity contribution in [1.29, 1.82) is 0 Å². The Bertz CT molecular complexity index is 1010. The van der Waals surface area contributed by atoms with E-state index in [-0.39, 0.29) is 22.3 Å². The third-order valence-corrected chi connectivity index (χ3v) is 7.48. The van der Waals surface area contributed by atoms with E-state index in [1.165, 1.54) is 10.4 Å². The predicted octanol–water partition coefficient (Wildman–Crippen LogP) is 5.15. The number of thiophene rings is 1. The molecule has 0 amide bonds. The third kappa shape index (κ3) is 4.27. The molecule has 136 valence electrons. The lowest BCUT2D eigenvalue weighted by Gasteiger charge is -2.23. The summed E-state index contributed by atoms with van der Waals surface area (Å²) in [5.74, 6) is 0. The molecule has 2 aromatic heterocycles. The molecule has 3 rings (SSSR count). The van der Waals surface area contributed by atoms with E-state index in [0.29, 0.717) is 4.34 Å². The van der Waals surface area contributed by atoms with E-state index < -0.39 is 10.0 Å². The van der Waals surface area contributed by atoms with Crippen molar-refractivity contribution >= 4 is 44.6 Å². The van der Waals surface area contributed by atoms with Crippen LogP contribution in [0.1, 0.15) is 16.7 Å². The molecule has 1 aromatic carbocycles. The van der Waals surface area contributed by atoms with E-state index in [1.54, 1.807) is 18.5 Å². The fourth-order valence-electron chi connectivity index (χ4n) is 2.54. The number of nitrogens with zero attached hydrogens (tertiary/aromatic N) is 2. The Labute approximate surface area is 167 Å². The topological polar surface area (TPSA) is 50.3 Å². The summed E-state index contributed by atoms with van der Waals surface area (Å²) in [5, 5.41) is 0. The van der Waals surface area contributed by atoms with Crippen molar-refractivity contribution in [1.82, 2.24) is 9.29 Å². The summed E-state index contributed by atoms with van der Waals surface area (Å²) in [6.45, 7) is 2.38. The maximum atomic E-state index is 13.3. The van der Waals surface area contributed by atoms with Crippen molar-refractivity contribution < 1.29 is 8.42 Å². The van der Waals surface area contributed by atoms with Gasteiger partial charge >= 0.3 is 0 Å². The largest absolute Gasteiger partial charge is 0.264 e. The summed E-state index contributed by atoms with van der Waals surface area (Å²) in [6, 6.07) is 12.7. The quantitative estimate of drug-likeness (QED) is 0.547. The fourth-order valence-corrected chi connectivity index (χ4v) is 6.06. The Balaban J connectivity index is 2.02. The maximum absolute atomic E-state index is 13.3. The second kappa shape index (κ2) is 8.06. The molecule has 0 spiro atoms. The Morgan fingerprint density at radius 1 is 1.12 bits per heavy atom. The molecule has 2 heterocycles. The molecule has 0 unspecified atom stereocenters. The lowest BCUT2D eigenvalue weighted by molar-refractivity contribution is 0.400. The fraction of sp³-hybridized carbons (Fsp3) is 0.167. The molecule has 8 heteroatoms. The van der Waals surface area contributed by atoms with E-state index in [0.717, 1.165) is 28.0 Å². The molecule has 0 saturated heterocycles. The smallest absolute Gasteiger partial charge is 0.246 e. The molecule has 3 aromatic rings. The van der Waals surface area contributed by atoms with Gasteiger partial charge in [0, 0.05) is 25.5 Å². The van der Waals surface area contributed by atoms with Crippen LogP contribution in [0.25, 0.3) is 0 Å². The third-order valence-electron chi connectivity index (χ3n) is 3.93. The first kappa shape index (κ1) is 19.3. The number of rotatable bonds is 6. The zero-order chi connectivity index (χ0) is 18.7. The number of sulfonamides is 1. The Morgan fingerprint density at radius 2 is 1.88 bits per heavy atom. The number of benzene rings is 1. The number of hydrogen-bond acceptors (Lipinski definition) is 4. The number of hydrogen-bond donors (Lipinski definition) is 0. The minimum atomic E-state index is -3.82.